The standard InChI is InChI=1S/C27H23FN4O3S/c1-16-6-3-8-19(12-16)32-26(34)24-17(2)30-27(21(14-29)25(24)22-10-5-11-35-22)36-15-23(33)31-20-9-4-7-18(28)13-20/h3-13,25,30H,15H2,1-2H3,(H,31,33)(H,32,34)/t25-/m1/s1. The van der Waals surface area contributed by atoms with Crippen LogP contribution in [-0.2, 0) is 9.59 Å². The number of allylic oxidation sites excluding steroid dienone is 2. The zero-order valence-electron chi connectivity index (χ0n) is 19.6. The molecule has 2 amide bonds. The molecule has 9 heteroatoms. The van der Waals surface area contributed by atoms with E-state index in [4.69, 9.17) is 4.42 Å². The summed E-state index contributed by atoms with van der Waals surface area (Å²) in [5, 5.41) is 19.2. The molecule has 2 aromatic carbocycles. The highest BCUT2D eigenvalue weighted by atomic mass is 32.2. The lowest BCUT2D eigenvalue weighted by Gasteiger charge is -2.28. The minimum Gasteiger partial charge on any atom is -0.468 e. The van der Waals surface area contributed by atoms with E-state index in [2.05, 4.69) is 22.0 Å². The summed E-state index contributed by atoms with van der Waals surface area (Å²) < 4.78 is 19.0. The maximum Gasteiger partial charge on any atom is 0.254 e. The van der Waals surface area contributed by atoms with Crippen LogP contribution in [-0.4, -0.2) is 17.6 Å². The fraction of sp³-hybridized carbons (Fsp3) is 0.148. The summed E-state index contributed by atoms with van der Waals surface area (Å²) in [4.78, 5) is 25.8. The van der Waals surface area contributed by atoms with E-state index in [0.717, 1.165) is 17.3 Å². The van der Waals surface area contributed by atoms with Crippen LogP contribution in [0.2, 0.25) is 0 Å². The zero-order valence-corrected chi connectivity index (χ0v) is 20.4. The SMILES string of the molecule is CC1=C(C(=O)Nc2cccc(C)c2)[C@@H](c2ccco2)C(C#N)=C(SCC(=O)Nc2cccc(F)c2)N1. The summed E-state index contributed by atoms with van der Waals surface area (Å²) in [7, 11) is 0. The lowest BCUT2D eigenvalue weighted by Crippen LogP contribution is -2.31. The number of nitriles is 1. The Morgan fingerprint density at radius 2 is 1.83 bits per heavy atom. The van der Waals surface area contributed by atoms with Gasteiger partial charge in [0.1, 0.15) is 11.6 Å². The molecule has 0 unspecified atom stereocenters. The second kappa shape index (κ2) is 11.0. The number of rotatable bonds is 7. The molecule has 182 valence electrons. The van der Waals surface area contributed by atoms with Crippen LogP contribution in [0.4, 0.5) is 15.8 Å². The zero-order chi connectivity index (χ0) is 25.7. The van der Waals surface area contributed by atoms with E-state index in [1.807, 2.05) is 25.1 Å². The molecule has 1 aliphatic rings. The first-order valence-electron chi connectivity index (χ1n) is 11.1. The number of nitrogens with zero attached hydrogens (tertiary/aromatic N) is 1. The van der Waals surface area contributed by atoms with Gasteiger partial charge in [0.2, 0.25) is 5.91 Å². The number of dihydropyridines is 1. The van der Waals surface area contributed by atoms with Gasteiger partial charge in [0, 0.05) is 17.1 Å². The minimum atomic E-state index is -0.759. The quantitative estimate of drug-likeness (QED) is 0.398. The molecule has 3 aromatic rings. The van der Waals surface area contributed by atoms with Crippen molar-refractivity contribution in [2.75, 3.05) is 16.4 Å². The first kappa shape index (κ1) is 24.8. The van der Waals surface area contributed by atoms with Crippen molar-refractivity contribution >= 4 is 35.0 Å². The van der Waals surface area contributed by atoms with Crippen LogP contribution in [0.25, 0.3) is 0 Å². The summed E-state index contributed by atoms with van der Waals surface area (Å²) >= 11 is 1.12. The third kappa shape index (κ3) is 5.67. The number of carbonyl (C=O) groups excluding carboxylic acids is 2. The number of thioether (sulfide) groups is 1. The van der Waals surface area contributed by atoms with Crippen molar-refractivity contribution in [3.63, 3.8) is 0 Å². The average Bonchev–Trinajstić information content (AvgIpc) is 3.37. The van der Waals surface area contributed by atoms with Gasteiger partial charge in [0.15, 0.2) is 0 Å². The molecule has 1 aliphatic heterocycles. The number of hydrogen-bond donors (Lipinski definition) is 3. The molecule has 0 aliphatic carbocycles. The third-order valence-corrected chi connectivity index (χ3v) is 6.47. The maximum absolute atomic E-state index is 13.4. The Bertz CT molecular complexity index is 1410. The molecule has 0 bridgehead atoms. The Balaban J connectivity index is 1.58. The summed E-state index contributed by atoms with van der Waals surface area (Å²) in [6.45, 7) is 3.67. The molecule has 1 atom stereocenters. The number of carbonyl (C=O) groups is 2. The van der Waals surface area contributed by atoms with Crippen molar-refractivity contribution in [2.45, 2.75) is 19.8 Å². The Kier molecular flexibility index (Phi) is 7.56. The topological polar surface area (TPSA) is 107 Å². The first-order chi connectivity index (χ1) is 17.4. The Morgan fingerprint density at radius 3 is 2.50 bits per heavy atom. The van der Waals surface area contributed by atoms with Crippen molar-refractivity contribution in [1.82, 2.24) is 5.32 Å². The molecular weight excluding hydrogens is 479 g/mol. The largest absolute Gasteiger partial charge is 0.468 e. The number of halogens is 1. The van der Waals surface area contributed by atoms with Gasteiger partial charge < -0.3 is 20.4 Å². The number of nitrogens with one attached hydrogen (secondary N) is 3. The molecule has 0 saturated heterocycles. The van der Waals surface area contributed by atoms with Crippen molar-refractivity contribution in [1.29, 1.82) is 5.26 Å². The van der Waals surface area contributed by atoms with Gasteiger partial charge >= 0.3 is 0 Å². The number of aryl methyl sites for hydroxylation is 1. The predicted molar refractivity (Wildman–Crippen MR) is 137 cm³/mol. The van der Waals surface area contributed by atoms with Crippen molar-refractivity contribution in [3.05, 3.63) is 106 Å². The number of amides is 2. The lowest BCUT2D eigenvalue weighted by atomic mass is 9.85. The van der Waals surface area contributed by atoms with Crippen LogP contribution in [0.15, 0.2) is 93.2 Å². The van der Waals surface area contributed by atoms with Gasteiger partial charge in [-0.2, -0.15) is 5.26 Å². The van der Waals surface area contributed by atoms with Gasteiger partial charge in [-0.05, 0) is 61.9 Å². The molecule has 2 heterocycles. The maximum atomic E-state index is 13.4. The number of anilines is 2. The Hall–Kier alpha value is -4.29. The van der Waals surface area contributed by atoms with Crippen LogP contribution in [0.5, 0.6) is 0 Å². The van der Waals surface area contributed by atoms with Crippen LogP contribution < -0.4 is 16.0 Å². The first-order valence-corrected chi connectivity index (χ1v) is 12.1. The lowest BCUT2D eigenvalue weighted by molar-refractivity contribution is -0.114. The number of hydrogen-bond acceptors (Lipinski definition) is 6. The van der Waals surface area contributed by atoms with E-state index in [1.165, 1.54) is 24.5 Å². The fourth-order valence-corrected chi connectivity index (χ4v) is 4.78. The summed E-state index contributed by atoms with van der Waals surface area (Å²) in [5.74, 6) is -1.55. The highest BCUT2D eigenvalue weighted by Gasteiger charge is 2.36. The molecule has 36 heavy (non-hydrogen) atoms. The summed E-state index contributed by atoms with van der Waals surface area (Å²) in [6, 6.07) is 18.6. The van der Waals surface area contributed by atoms with Crippen molar-refractivity contribution in [3.8, 4) is 6.07 Å². The van der Waals surface area contributed by atoms with Crippen LogP contribution in [0.1, 0.15) is 24.2 Å². The number of benzene rings is 2. The molecular formula is C27H23FN4O3S. The van der Waals surface area contributed by atoms with Gasteiger partial charge in [-0.1, -0.05) is 30.0 Å². The van der Waals surface area contributed by atoms with Gasteiger partial charge in [-0.15, -0.1) is 0 Å². The average molecular weight is 503 g/mol. The van der Waals surface area contributed by atoms with E-state index >= 15 is 0 Å². The second-order valence-corrected chi connectivity index (χ2v) is 9.12. The van der Waals surface area contributed by atoms with Gasteiger partial charge in [0.25, 0.3) is 5.91 Å². The summed E-state index contributed by atoms with van der Waals surface area (Å²) in [5.41, 5.74) is 3.11. The predicted octanol–water partition coefficient (Wildman–Crippen LogP) is 5.43. The van der Waals surface area contributed by atoms with Gasteiger partial charge in [-0.3, -0.25) is 9.59 Å². The van der Waals surface area contributed by atoms with E-state index in [-0.39, 0.29) is 23.1 Å². The molecule has 0 radical (unpaired) electrons. The molecule has 3 N–H and O–H groups in total. The van der Waals surface area contributed by atoms with E-state index in [1.54, 1.807) is 31.2 Å². The third-order valence-electron chi connectivity index (χ3n) is 5.45. The summed E-state index contributed by atoms with van der Waals surface area (Å²) in [6.07, 6.45) is 1.48. The molecule has 0 fully saturated rings. The fourth-order valence-electron chi connectivity index (χ4n) is 3.89. The highest BCUT2D eigenvalue weighted by Crippen LogP contribution is 2.41. The highest BCUT2D eigenvalue weighted by molar-refractivity contribution is 8.03. The van der Waals surface area contributed by atoms with E-state index < -0.39 is 11.7 Å². The van der Waals surface area contributed by atoms with Crippen molar-refractivity contribution in [2.24, 2.45) is 0 Å². The Morgan fingerprint density at radius 1 is 1.08 bits per heavy atom. The van der Waals surface area contributed by atoms with Crippen LogP contribution in [0.3, 0.4) is 0 Å². The molecule has 7 nitrogen and oxygen atoms in total. The van der Waals surface area contributed by atoms with Gasteiger partial charge in [-0.25, -0.2) is 4.39 Å². The smallest absolute Gasteiger partial charge is 0.254 e. The number of furan rings is 1. The molecule has 0 spiro atoms. The van der Waals surface area contributed by atoms with E-state index in [0.29, 0.717) is 33.4 Å². The van der Waals surface area contributed by atoms with Gasteiger partial charge in [0.05, 0.1) is 40.2 Å². The molecule has 0 saturated carbocycles. The minimum absolute atomic E-state index is 0.0347. The Labute approximate surface area is 212 Å². The normalized spacial score (nSPS) is 15.2. The van der Waals surface area contributed by atoms with Crippen LogP contribution >= 0.6 is 11.8 Å². The van der Waals surface area contributed by atoms with Crippen LogP contribution in [0, 0.1) is 24.1 Å². The van der Waals surface area contributed by atoms with Crippen molar-refractivity contribution < 1.29 is 18.4 Å². The molecule has 4 rings (SSSR count). The second-order valence-electron chi connectivity index (χ2n) is 8.14. The monoisotopic (exact) mass is 502 g/mol. The molecule has 1 aromatic heterocycles. The van der Waals surface area contributed by atoms with E-state index in [9.17, 15) is 19.2 Å².